The second-order valence-corrected chi connectivity index (χ2v) is 6.36. The number of amides is 1. The van der Waals surface area contributed by atoms with Gasteiger partial charge in [-0.25, -0.2) is 19.4 Å². The number of nitrogens with zero attached hydrogens (tertiary/aromatic N) is 4. The van der Waals surface area contributed by atoms with E-state index in [9.17, 15) is 4.79 Å². The number of carbonyl (C=O) groups is 1. The molecule has 0 unspecified atom stereocenters. The van der Waals surface area contributed by atoms with Crippen LogP contribution in [-0.2, 0) is 0 Å². The number of rotatable bonds is 5. The van der Waals surface area contributed by atoms with E-state index >= 15 is 0 Å². The van der Waals surface area contributed by atoms with Crippen molar-refractivity contribution in [1.82, 2.24) is 19.7 Å². The lowest BCUT2D eigenvalue weighted by Gasteiger charge is -2.10. The summed E-state index contributed by atoms with van der Waals surface area (Å²) in [6, 6.07) is 18.6. The van der Waals surface area contributed by atoms with Gasteiger partial charge in [-0.1, -0.05) is 36.4 Å². The molecule has 0 aliphatic carbocycles. The van der Waals surface area contributed by atoms with Crippen LogP contribution in [0, 0.1) is 6.92 Å². The van der Waals surface area contributed by atoms with Gasteiger partial charge in [-0.2, -0.15) is 5.10 Å². The molecule has 2 aromatic heterocycles. The summed E-state index contributed by atoms with van der Waals surface area (Å²) in [5.41, 5.74) is 2.87. The summed E-state index contributed by atoms with van der Waals surface area (Å²) in [7, 11) is 1.50. The van der Waals surface area contributed by atoms with Gasteiger partial charge >= 0.3 is 12.1 Å². The Labute approximate surface area is 173 Å². The molecule has 0 fully saturated rings. The molecule has 150 valence electrons. The SMILES string of the molecule is COc1ncc(-c2nn(-c3ccccc3)c(NC(=O)Oc3ccccc3)c2C)cn1. The molecule has 0 aliphatic rings. The monoisotopic (exact) mass is 401 g/mol. The number of anilines is 1. The van der Waals surface area contributed by atoms with Crippen LogP contribution in [0.2, 0.25) is 0 Å². The van der Waals surface area contributed by atoms with E-state index in [1.807, 2.05) is 43.3 Å². The highest BCUT2D eigenvalue weighted by molar-refractivity contribution is 5.88. The summed E-state index contributed by atoms with van der Waals surface area (Å²) in [6.45, 7) is 1.87. The largest absolute Gasteiger partial charge is 0.467 e. The summed E-state index contributed by atoms with van der Waals surface area (Å²) in [5, 5.41) is 7.50. The number of hydrogen-bond donors (Lipinski definition) is 1. The average Bonchev–Trinajstić information content (AvgIpc) is 3.11. The highest BCUT2D eigenvalue weighted by Crippen LogP contribution is 2.30. The van der Waals surface area contributed by atoms with Crippen LogP contribution in [0.1, 0.15) is 5.56 Å². The summed E-state index contributed by atoms with van der Waals surface area (Å²) in [4.78, 5) is 20.8. The summed E-state index contributed by atoms with van der Waals surface area (Å²) in [6.07, 6.45) is 2.64. The quantitative estimate of drug-likeness (QED) is 0.537. The third-order valence-corrected chi connectivity index (χ3v) is 4.38. The van der Waals surface area contributed by atoms with Gasteiger partial charge in [0.1, 0.15) is 17.3 Å². The molecule has 4 rings (SSSR count). The molecule has 0 aliphatic heterocycles. The number of para-hydroxylation sites is 2. The van der Waals surface area contributed by atoms with Crippen molar-refractivity contribution in [3.63, 3.8) is 0 Å². The number of ether oxygens (including phenoxy) is 2. The molecule has 1 N–H and O–H groups in total. The van der Waals surface area contributed by atoms with Gasteiger partial charge in [-0.05, 0) is 31.2 Å². The van der Waals surface area contributed by atoms with E-state index in [-0.39, 0.29) is 6.01 Å². The molecular formula is C22H19N5O3. The summed E-state index contributed by atoms with van der Waals surface area (Å²) >= 11 is 0. The highest BCUT2D eigenvalue weighted by Gasteiger charge is 2.20. The van der Waals surface area contributed by atoms with Crippen LogP contribution in [0.3, 0.4) is 0 Å². The first-order chi connectivity index (χ1) is 14.7. The Morgan fingerprint density at radius 2 is 1.60 bits per heavy atom. The topological polar surface area (TPSA) is 91.2 Å². The van der Waals surface area contributed by atoms with E-state index < -0.39 is 6.09 Å². The average molecular weight is 401 g/mol. The Kier molecular flexibility index (Phi) is 5.38. The van der Waals surface area contributed by atoms with Crippen molar-refractivity contribution < 1.29 is 14.3 Å². The molecule has 2 heterocycles. The molecule has 0 atom stereocenters. The first-order valence-corrected chi connectivity index (χ1v) is 9.21. The van der Waals surface area contributed by atoms with Gasteiger partial charge in [0.25, 0.3) is 0 Å². The standard InChI is InChI=1S/C22H19N5O3/c1-15-19(16-13-23-21(29-2)24-14-16)26-27(17-9-5-3-6-10-17)20(15)25-22(28)30-18-11-7-4-8-12-18/h3-14H,1-2H3,(H,25,28). The molecule has 8 nitrogen and oxygen atoms in total. The molecular weight excluding hydrogens is 382 g/mol. The van der Waals surface area contributed by atoms with Gasteiger partial charge in [-0.3, -0.25) is 5.32 Å². The number of carbonyl (C=O) groups excluding carboxylic acids is 1. The van der Waals surface area contributed by atoms with Crippen molar-refractivity contribution >= 4 is 11.9 Å². The number of aromatic nitrogens is 4. The third kappa shape index (κ3) is 3.97. The first kappa shape index (κ1) is 19.1. The lowest BCUT2D eigenvalue weighted by atomic mass is 10.1. The fraction of sp³-hybridized carbons (Fsp3) is 0.0909. The fourth-order valence-electron chi connectivity index (χ4n) is 2.93. The highest BCUT2D eigenvalue weighted by atomic mass is 16.6. The van der Waals surface area contributed by atoms with Gasteiger partial charge in [-0.15, -0.1) is 0 Å². The molecule has 0 bridgehead atoms. The van der Waals surface area contributed by atoms with Gasteiger partial charge in [0, 0.05) is 23.5 Å². The van der Waals surface area contributed by atoms with Crippen LogP contribution in [0.25, 0.3) is 16.9 Å². The minimum atomic E-state index is -0.612. The molecule has 0 saturated heterocycles. The van der Waals surface area contributed by atoms with Crippen LogP contribution >= 0.6 is 0 Å². The minimum Gasteiger partial charge on any atom is -0.467 e. The normalized spacial score (nSPS) is 10.5. The zero-order chi connectivity index (χ0) is 20.9. The van der Waals surface area contributed by atoms with E-state index in [1.165, 1.54) is 7.11 Å². The summed E-state index contributed by atoms with van der Waals surface area (Å²) in [5.74, 6) is 0.940. The van der Waals surface area contributed by atoms with Gasteiger partial charge < -0.3 is 9.47 Å². The number of methoxy groups -OCH3 is 1. The van der Waals surface area contributed by atoms with E-state index in [4.69, 9.17) is 14.6 Å². The predicted octanol–water partition coefficient (Wildman–Crippen LogP) is 4.26. The van der Waals surface area contributed by atoms with Crippen molar-refractivity contribution in [1.29, 1.82) is 0 Å². The summed E-state index contributed by atoms with van der Waals surface area (Å²) < 4.78 is 12.1. The minimum absolute atomic E-state index is 0.267. The van der Waals surface area contributed by atoms with Crippen molar-refractivity contribution in [3.05, 3.63) is 78.6 Å². The maximum absolute atomic E-state index is 12.5. The smallest absolute Gasteiger partial charge is 0.418 e. The Morgan fingerprint density at radius 1 is 0.967 bits per heavy atom. The van der Waals surface area contributed by atoms with Crippen LogP contribution < -0.4 is 14.8 Å². The van der Waals surface area contributed by atoms with Crippen LogP contribution in [-0.4, -0.2) is 33.0 Å². The van der Waals surface area contributed by atoms with E-state index in [0.717, 1.165) is 11.3 Å². The lowest BCUT2D eigenvalue weighted by molar-refractivity contribution is 0.215. The van der Waals surface area contributed by atoms with E-state index in [1.54, 1.807) is 41.3 Å². The van der Waals surface area contributed by atoms with Crippen molar-refractivity contribution in [2.75, 3.05) is 12.4 Å². The molecule has 0 spiro atoms. The Morgan fingerprint density at radius 3 is 2.23 bits per heavy atom. The lowest BCUT2D eigenvalue weighted by Crippen LogP contribution is -2.19. The second kappa shape index (κ2) is 8.44. The fourth-order valence-corrected chi connectivity index (χ4v) is 2.93. The van der Waals surface area contributed by atoms with E-state index in [0.29, 0.717) is 22.8 Å². The van der Waals surface area contributed by atoms with Crippen LogP contribution in [0.4, 0.5) is 10.6 Å². The van der Waals surface area contributed by atoms with Crippen LogP contribution in [0.5, 0.6) is 11.8 Å². The Bertz CT molecular complexity index is 1140. The number of nitrogens with one attached hydrogen (secondary N) is 1. The molecule has 2 aromatic carbocycles. The number of hydrogen-bond acceptors (Lipinski definition) is 6. The maximum atomic E-state index is 12.5. The van der Waals surface area contributed by atoms with Crippen molar-refractivity contribution in [2.24, 2.45) is 0 Å². The van der Waals surface area contributed by atoms with Crippen molar-refractivity contribution in [2.45, 2.75) is 6.92 Å². The first-order valence-electron chi connectivity index (χ1n) is 9.21. The van der Waals surface area contributed by atoms with Crippen molar-refractivity contribution in [3.8, 4) is 28.7 Å². The molecule has 0 radical (unpaired) electrons. The molecule has 1 amide bonds. The van der Waals surface area contributed by atoms with Gasteiger partial charge in [0.2, 0.25) is 0 Å². The molecule has 4 aromatic rings. The zero-order valence-corrected chi connectivity index (χ0v) is 16.4. The number of benzene rings is 2. The second-order valence-electron chi connectivity index (χ2n) is 6.36. The van der Waals surface area contributed by atoms with Crippen LogP contribution in [0.15, 0.2) is 73.1 Å². The Balaban J connectivity index is 1.71. The zero-order valence-electron chi connectivity index (χ0n) is 16.4. The van der Waals surface area contributed by atoms with Gasteiger partial charge in [0.05, 0.1) is 12.8 Å². The predicted molar refractivity (Wildman–Crippen MR) is 112 cm³/mol. The Hall–Kier alpha value is -4.20. The third-order valence-electron chi connectivity index (χ3n) is 4.38. The molecule has 8 heteroatoms. The van der Waals surface area contributed by atoms with E-state index in [2.05, 4.69) is 15.3 Å². The molecule has 30 heavy (non-hydrogen) atoms. The van der Waals surface area contributed by atoms with Gasteiger partial charge in [0.15, 0.2) is 0 Å². The molecule has 0 saturated carbocycles. The maximum Gasteiger partial charge on any atom is 0.418 e.